The summed E-state index contributed by atoms with van der Waals surface area (Å²) in [7, 11) is 2.85. The van der Waals surface area contributed by atoms with E-state index in [1.54, 1.807) is 18.2 Å². The first-order valence-corrected chi connectivity index (χ1v) is 16.2. The molecule has 1 saturated heterocycles. The van der Waals surface area contributed by atoms with Crippen LogP contribution in [0.2, 0.25) is 10.0 Å². The lowest BCUT2D eigenvalue weighted by Crippen LogP contribution is -2.33. The monoisotopic (exact) mass is 723 g/mol. The standard InChI is InChI=1S/C31H22Cl2F3N3O6S2/c1-44-20-10-7-14(11-21(20)45-2)23-24-25(28(42)39(27(24)41)19-6-4-3-5-16(19)31(34,35)36)46-29-26(23)47-30(43)38(29)13-22(40)37-15-8-9-17(32)18(33)12-15/h3-12,23-25H,13H2,1-2H3,(H,37,40)/t23-,24-,25+/m0/s1. The number of nitrogens with zero attached hydrogens (tertiary/aromatic N) is 2. The molecule has 2 aliphatic heterocycles. The average molecular weight is 725 g/mol. The summed E-state index contributed by atoms with van der Waals surface area (Å²) in [6, 6.07) is 13.6. The third-order valence-electron chi connectivity index (χ3n) is 7.77. The Labute approximate surface area is 283 Å². The van der Waals surface area contributed by atoms with Crippen molar-refractivity contribution in [2.75, 3.05) is 24.4 Å². The van der Waals surface area contributed by atoms with E-state index in [2.05, 4.69) is 5.32 Å². The van der Waals surface area contributed by atoms with Crippen molar-refractivity contribution in [3.05, 3.63) is 96.4 Å². The van der Waals surface area contributed by atoms with Gasteiger partial charge in [-0.25, -0.2) is 4.90 Å². The van der Waals surface area contributed by atoms with Crippen LogP contribution < -0.4 is 24.6 Å². The predicted octanol–water partition coefficient (Wildman–Crippen LogP) is 6.69. The third-order valence-corrected chi connectivity index (χ3v) is 11.1. The van der Waals surface area contributed by atoms with E-state index in [0.29, 0.717) is 32.5 Å². The van der Waals surface area contributed by atoms with Crippen molar-refractivity contribution in [3.63, 3.8) is 0 Å². The number of methoxy groups -OCH3 is 2. The Morgan fingerprint density at radius 3 is 2.34 bits per heavy atom. The van der Waals surface area contributed by atoms with Gasteiger partial charge in [-0.2, -0.15) is 13.2 Å². The summed E-state index contributed by atoms with van der Waals surface area (Å²) in [4.78, 5) is 55.1. The predicted molar refractivity (Wildman–Crippen MR) is 172 cm³/mol. The molecule has 0 radical (unpaired) electrons. The van der Waals surface area contributed by atoms with Crippen molar-refractivity contribution in [3.8, 4) is 11.5 Å². The second-order valence-corrected chi connectivity index (χ2v) is 13.4. The lowest BCUT2D eigenvalue weighted by molar-refractivity contribution is -0.137. The van der Waals surface area contributed by atoms with E-state index < -0.39 is 63.7 Å². The molecule has 0 spiro atoms. The Morgan fingerprint density at radius 1 is 0.936 bits per heavy atom. The number of para-hydroxylation sites is 1. The third kappa shape index (κ3) is 5.88. The number of thiazole rings is 1. The van der Waals surface area contributed by atoms with Gasteiger partial charge in [-0.15, -0.1) is 0 Å². The van der Waals surface area contributed by atoms with Crippen molar-refractivity contribution in [1.82, 2.24) is 4.57 Å². The summed E-state index contributed by atoms with van der Waals surface area (Å²) in [5.41, 5.74) is -0.940. The normalized spacial score (nSPS) is 19.0. The number of amides is 3. The number of aromatic nitrogens is 1. The summed E-state index contributed by atoms with van der Waals surface area (Å²) in [5.74, 6) is -3.78. The number of thioether (sulfide) groups is 1. The van der Waals surface area contributed by atoms with Crippen LogP contribution in [-0.4, -0.2) is 41.8 Å². The first kappa shape index (κ1) is 32.9. The fraction of sp³-hybridized carbons (Fsp3) is 0.226. The highest BCUT2D eigenvalue weighted by molar-refractivity contribution is 8.00. The first-order valence-electron chi connectivity index (χ1n) is 13.7. The smallest absolute Gasteiger partial charge is 0.418 e. The van der Waals surface area contributed by atoms with Crippen LogP contribution in [0.4, 0.5) is 24.5 Å². The average Bonchev–Trinajstić information content (AvgIpc) is 3.48. The molecule has 3 aromatic carbocycles. The molecule has 47 heavy (non-hydrogen) atoms. The van der Waals surface area contributed by atoms with E-state index >= 15 is 0 Å². The Morgan fingerprint density at radius 2 is 1.66 bits per heavy atom. The molecule has 1 aromatic heterocycles. The van der Waals surface area contributed by atoms with Crippen molar-refractivity contribution in [2.24, 2.45) is 5.92 Å². The number of nitrogens with one attached hydrogen (secondary N) is 1. The molecule has 0 bridgehead atoms. The number of imide groups is 1. The molecular formula is C31H22Cl2F3N3O6S2. The maximum absolute atomic E-state index is 14.1. The number of carbonyl (C=O) groups is 3. The summed E-state index contributed by atoms with van der Waals surface area (Å²) in [6.07, 6.45) is -4.85. The lowest BCUT2D eigenvalue weighted by Gasteiger charge is -2.31. The van der Waals surface area contributed by atoms with Gasteiger partial charge in [0.2, 0.25) is 17.7 Å². The van der Waals surface area contributed by atoms with Crippen LogP contribution in [-0.2, 0) is 27.1 Å². The number of ether oxygens (including phenoxy) is 2. The molecule has 244 valence electrons. The van der Waals surface area contributed by atoms with Crippen LogP contribution in [0.15, 0.2) is 70.5 Å². The molecule has 0 saturated carbocycles. The van der Waals surface area contributed by atoms with Crippen LogP contribution in [0.3, 0.4) is 0 Å². The highest BCUT2D eigenvalue weighted by atomic mass is 35.5. The zero-order chi connectivity index (χ0) is 33.8. The van der Waals surface area contributed by atoms with Crippen molar-refractivity contribution >= 4 is 75.4 Å². The molecule has 16 heteroatoms. The van der Waals surface area contributed by atoms with Crippen LogP contribution in [0.1, 0.15) is 21.9 Å². The highest BCUT2D eigenvalue weighted by Crippen LogP contribution is 2.55. The minimum Gasteiger partial charge on any atom is -0.493 e. The number of halogens is 5. The van der Waals surface area contributed by atoms with E-state index in [0.717, 1.165) is 35.2 Å². The SMILES string of the molecule is COc1ccc([C@@H]2c3sc(=O)n(CC(=O)Nc4ccc(Cl)c(Cl)c4)c3S[C@H]3C(=O)N(c4ccccc4C(F)(F)F)C(=O)[C@@H]23)cc1OC. The van der Waals surface area contributed by atoms with Gasteiger partial charge < -0.3 is 14.8 Å². The Hall–Kier alpha value is -3.98. The Bertz CT molecular complexity index is 2000. The largest absolute Gasteiger partial charge is 0.493 e. The molecule has 4 aromatic rings. The maximum atomic E-state index is 14.1. The molecule has 1 fully saturated rings. The molecular weight excluding hydrogens is 702 g/mol. The van der Waals surface area contributed by atoms with Gasteiger partial charge in [0.1, 0.15) is 11.8 Å². The summed E-state index contributed by atoms with van der Waals surface area (Å²) in [5, 5.41) is 2.17. The van der Waals surface area contributed by atoms with Gasteiger partial charge >= 0.3 is 11.0 Å². The van der Waals surface area contributed by atoms with Crippen molar-refractivity contribution in [1.29, 1.82) is 0 Å². The Kier molecular flexibility index (Phi) is 8.81. The molecule has 3 atom stereocenters. The zero-order valence-corrected chi connectivity index (χ0v) is 27.4. The summed E-state index contributed by atoms with van der Waals surface area (Å²) in [6.45, 7) is -0.462. The van der Waals surface area contributed by atoms with Crippen LogP contribution >= 0.6 is 46.3 Å². The fourth-order valence-electron chi connectivity index (χ4n) is 5.72. The number of alkyl halides is 3. The van der Waals surface area contributed by atoms with Gasteiger partial charge in [0.05, 0.1) is 46.5 Å². The van der Waals surface area contributed by atoms with Crippen molar-refractivity contribution in [2.45, 2.75) is 28.9 Å². The molecule has 3 heterocycles. The Balaban J connectivity index is 1.45. The van der Waals surface area contributed by atoms with Gasteiger partial charge in [-0.05, 0) is 48.0 Å². The topological polar surface area (TPSA) is 107 Å². The number of carbonyl (C=O) groups excluding carboxylic acids is 3. The molecule has 1 N–H and O–H groups in total. The van der Waals surface area contributed by atoms with E-state index in [1.807, 2.05) is 0 Å². The molecule has 0 unspecified atom stereocenters. The number of benzene rings is 3. The van der Waals surface area contributed by atoms with Crippen molar-refractivity contribution < 1.29 is 37.0 Å². The zero-order valence-electron chi connectivity index (χ0n) is 24.3. The van der Waals surface area contributed by atoms with Crippen LogP contribution in [0.5, 0.6) is 11.5 Å². The molecule has 2 aliphatic rings. The van der Waals surface area contributed by atoms with Crippen LogP contribution in [0.25, 0.3) is 0 Å². The van der Waals surface area contributed by atoms with E-state index in [9.17, 15) is 32.3 Å². The number of anilines is 2. The maximum Gasteiger partial charge on any atom is 0.418 e. The quantitative estimate of drug-likeness (QED) is 0.212. The molecule has 6 rings (SSSR count). The second kappa shape index (κ2) is 12.6. The fourth-order valence-corrected chi connectivity index (χ4v) is 8.80. The van der Waals surface area contributed by atoms with E-state index in [4.69, 9.17) is 32.7 Å². The number of hydrogen-bond acceptors (Lipinski definition) is 8. The minimum absolute atomic E-state index is 0.204. The van der Waals surface area contributed by atoms with E-state index in [1.165, 1.54) is 49.1 Å². The summed E-state index contributed by atoms with van der Waals surface area (Å²) >= 11 is 13.7. The molecule has 3 amide bonds. The van der Waals surface area contributed by atoms with E-state index in [-0.39, 0.29) is 15.1 Å². The van der Waals surface area contributed by atoms with Gasteiger partial charge in [0.15, 0.2) is 11.5 Å². The number of rotatable bonds is 7. The van der Waals surface area contributed by atoms with Gasteiger partial charge in [-0.3, -0.25) is 23.7 Å². The van der Waals surface area contributed by atoms with Gasteiger partial charge in [-0.1, -0.05) is 64.5 Å². The highest BCUT2D eigenvalue weighted by Gasteiger charge is 2.58. The van der Waals surface area contributed by atoms with Gasteiger partial charge in [0, 0.05) is 16.5 Å². The molecule has 0 aliphatic carbocycles. The first-order chi connectivity index (χ1) is 22.3. The second-order valence-electron chi connectivity index (χ2n) is 10.5. The summed E-state index contributed by atoms with van der Waals surface area (Å²) < 4.78 is 54.1. The number of fused-ring (bicyclic) bond motifs is 2. The minimum atomic E-state index is -4.85. The number of hydrogen-bond donors (Lipinski definition) is 1. The molecule has 9 nitrogen and oxygen atoms in total. The lowest BCUT2D eigenvalue weighted by atomic mass is 9.83. The van der Waals surface area contributed by atoms with Gasteiger partial charge in [0.25, 0.3) is 0 Å². The van der Waals surface area contributed by atoms with Crippen LogP contribution in [0, 0.1) is 5.92 Å².